The maximum atomic E-state index is 12.7. The van der Waals surface area contributed by atoms with Crippen LogP contribution in [-0.4, -0.2) is 28.8 Å². The molecule has 1 amide bonds. The molecule has 1 atom stereocenters. The standard InChI is InChI=1S/C26H18Cl2N2O6/c27-16-5-1-14-4-8-24(29-20(14)11-16)30-25(31)15-2-6-17(7-3-15)35-23-13-22-18(12-19(23)28)21(9-10-34-22)36-26(32)33/h1-8,11-13,21H,9-10H2,(H,32,33)(H,29,30,31). The molecule has 0 saturated heterocycles. The first-order valence-corrected chi connectivity index (χ1v) is 11.6. The number of hydrogen-bond donors (Lipinski definition) is 2. The molecule has 5 rings (SSSR count). The van der Waals surface area contributed by atoms with E-state index in [2.05, 4.69) is 10.3 Å². The summed E-state index contributed by atoms with van der Waals surface area (Å²) in [5.41, 5.74) is 1.62. The summed E-state index contributed by atoms with van der Waals surface area (Å²) >= 11 is 12.4. The molecule has 1 unspecified atom stereocenters. The van der Waals surface area contributed by atoms with Gasteiger partial charge in [0.1, 0.15) is 29.2 Å². The third-order valence-corrected chi connectivity index (χ3v) is 6.06. The fourth-order valence-electron chi connectivity index (χ4n) is 3.83. The van der Waals surface area contributed by atoms with Crippen molar-refractivity contribution in [1.29, 1.82) is 0 Å². The number of rotatable bonds is 5. The second-order valence-electron chi connectivity index (χ2n) is 7.94. The molecule has 0 aliphatic carbocycles. The second-order valence-corrected chi connectivity index (χ2v) is 8.79. The van der Waals surface area contributed by atoms with Crippen LogP contribution in [0.15, 0.2) is 66.7 Å². The lowest BCUT2D eigenvalue weighted by Crippen LogP contribution is -2.18. The lowest BCUT2D eigenvalue weighted by atomic mass is 10.0. The van der Waals surface area contributed by atoms with Crippen molar-refractivity contribution in [1.82, 2.24) is 4.98 Å². The molecule has 36 heavy (non-hydrogen) atoms. The Kier molecular flexibility index (Phi) is 6.54. The van der Waals surface area contributed by atoms with E-state index in [9.17, 15) is 9.59 Å². The summed E-state index contributed by atoms with van der Waals surface area (Å²) in [4.78, 5) is 28.1. The minimum absolute atomic E-state index is 0.266. The van der Waals surface area contributed by atoms with Gasteiger partial charge >= 0.3 is 6.16 Å². The van der Waals surface area contributed by atoms with Gasteiger partial charge in [0.05, 0.1) is 17.1 Å². The Hall–Kier alpha value is -4.01. The Balaban J connectivity index is 1.29. The van der Waals surface area contributed by atoms with E-state index >= 15 is 0 Å². The summed E-state index contributed by atoms with van der Waals surface area (Å²) in [6.07, 6.45) is -1.64. The van der Waals surface area contributed by atoms with Crippen LogP contribution in [0.1, 0.15) is 28.4 Å². The molecular weight excluding hydrogens is 507 g/mol. The Morgan fingerprint density at radius 2 is 1.81 bits per heavy atom. The van der Waals surface area contributed by atoms with Crippen molar-refractivity contribution < 1.29 is 28.9 Å². The highest BCUT2D eigenvalue weighted by atomic mass is 35.5. The van der Waals surface area contributed by atoms with Gasteiger partial charge in [-0.15, -0.1) is 0 Å². The van der Waals surface area contributed by atoms with Crippen LogP contribution in [0.5, 0.6) is 17.2 Å². The van der Waals surface area contributed by atoms with Gasteiger partial charge in [-0.25, -0.2) is 9.78 Å². The van der Waals surface area contributed by atoms with E-state index in [1.54, 1.807) is 54.6 Å². The molecule has 0 spiro atoms. The van der Waals surface area contributed by atoms with Crippen LogP contribution in [0, 0.1) is 0 Å². The zero-order chi connectivity index (χ0) is 25.2. The van der Waals surface area contributed by atoms with Crippen molar-refractivity contribution in [2.24, 2.45) is 0 Å². The Labute approximate surface area is 215 Å². The van der Waals surface area contributed by atoms with Gasteiger partial charge in [-0.3, -0.25) is 4.79 Å². The van der Waals surface area contributed by atoms with Crippen molar-refractivity contribution in [2.75, 3.05) is 11.9 Å². The van der Waals surface area contributed by atoms with Crippen LogP contribution in [0.2, 0.25) is 10.0 Å². The van der Waals surface area contributed by atoms with Crippen molar-refractivity contribution in [3.8, 4) is 17.2 Å². The fraction of sp³-hybridized carbons (Fsp3) is 0.115. The minimum atomic E-state index is -1.37. The van der Waals surface area contributed by atoms with Crippen molar-refractivity contribution >= 4 is 52.0 Å². The number of hydrogen-bond acceptors (Lipinski definition) is 6. The summed E-state index contributed by atoms with van der Waals surface area (Å²) in [5.74, 6) is 1.27. The number of carbonyl (C=O) groups excluding carboxylic acids is 1. The molecule has 2 heterocycles. The third-order valence-electron chi connectivity index (χ3n) is 5.53. The summed E-state index contributed by atoms with van der Waals surface area (Å²) in [5, 5.41) is 13.5. The monoisotopic (exact) mass is 524 g/mol. The minimum Gasteiger partial charge on any atom is -0.493 e. The molecule has 0 radical (unpaired) electrons. The zero-order valence-electron chi connectivity index (χ0n) is 18.5. The van der Waals surface area contributed by atoms with Crippen LogP contribution in [0.4, 0.5) is 10.6 Å². The Morgan fingerprint density at radius 3 is 2.58 bits per heavy atom. The molecular formula is C26H18Cl2N2O6. The number of carbonyl (C=O) groups is 2. The van der Waals surface area contributed by atoms with E-state index in [0.29, 0.717) is 57.8 Å². The van der Waals surface area contributed by atoms with Crippen LogP contribution >= 0.6 is 23.2 Å². The van der Waals surface area contributed by atoms with Gasteiger partial charge in [-0.2, -0.15) is 0 Å². The third kappa shape index (κ3) is 5.15. The first kappa shape index (κ1) is 23.7. The Morgan fingerprint density at radius 1 is 1.03 bits per heavy atom. The number of fused-ring (bicyclic) bond motifs is 2. The molecule has 4 aromatic rings. The fourth-order valence-corrected chi connectivity index (χ4v) is 4.21. The molecule has 2 N–H and O–H groups in total. The number of carboxylic acid groups (broad SMARTS) is 1. The smallest absolute Gasteiger partial charge is 0.493 e. The molecule has 3 aromatic carbocycles. The molecule has 1 aromatic heterocycles. The highest BCUT2D eigenvalue weighted by Crippen LogP contribution is 2.42. The first-order chi connectivity index (χ1) is 17.4. The lowest BCUT2D eigenvalue weighted by Gasteiger charge is -2.25. The van der Waals surface area contributed by atoms with Gasteiger partial charge in [0.25, 0.3) is 5.91 Å². The van der Waals surface area contributed by atoms with E-state index in [4.69, 9.17) is 42.5 Å². The summed E-state index contributed by atoms with van der Waals surface area (Å²) in [7, 11) is 0. The van der Waals surface area contributed by atoms with Gasteiger partial charge in [-0.05, 0) is 54.6 Å². The van der Waals surface area contributed by atoms with Crippen molar-refractivity contribution in [3.63, 3.8) is 0 Å². The number of pyridine rings is 1. The molecule has 0 saturated carbocycles. The SMILES string of the molecule is O=C(O)OC1CCOc2cc(Oc3ccc(C(=O)Nc4ccc5ccc(Cl)cc5n4)cc3)c(Cl)cc21. The van der Waals surface area contributed by atoms with Gasteiger partial charge in [0, 0.05) is 34.0 Å². The highest BCUT2D eigenvalue weighted by Gasteiger charge is 2.27. The van der Waals surface area contributed by atoms with Crippen LogP contribution < -0.4 is 14.8 Å². The average Bonchev–Trinajstić information content (AvgIpc) is 2.85. The second kappa shape index (κ2) is 9.93. The predicted octanol–water partition coefficient (Wildman–Crippen LogP) is 7.10. The van der Waals surface area contributed by atoms with E-state index in [1.807, 2.05) is 12.1 Å². The number of nitrogens with one attached hydrogen (secondary N) is 1. The average molecular weight is 525 g/mol. The highest BCUT2D eigenvalue weighted by molar-refractivity contribution is 6.32. The molecule has 8 nitrogen and oxygen atoms in total. The van der Waals surface area contributed by atoms with Gasteiger partial charge in [0.15, 0.2) is 0 Å². The molecule has 1 aliphatic rings. The topological polar surface area (TPSA) is 107 Å². The predicted molar refractivity (Wildman–Crippen MR) is 135 cm³/mol. The summed E-state index contributed by atoms with van der Waals surface area (Å²) < 4.78 is 16.4. The maximum absolute atomic E-state index is 12.7. The zero-order valence-corrected chi connectivity index (χ0v) is 20.0. The molecule has 182 valence electrons. The van der Waals surface area contributed by atoms with Crippen LogP contribution in [-0.2, 0) is 4.74 Å². The van der Waals surface area contributed by atoms with Crippen molar-refractivity contribution in [2.45, 2.75) is 12.5 Å². The van der Waals surface area contributed by atoms with E-state index in [-0.39, 0.29) is 10.9 Å². The quantitative estimate of drug-likeness (QED) is 0.268. The molecule has 1 aliphatic heterocycles. The molecule has 10 heteroatoms. The Bertz CT molecular complexity index is 1480. The van der Waals surface area contributed by atoms with Gasteiger partial charge in [0.2, 0.25) is 0 Å². The number of ether oxygens (including phenoxy) is 3. The number of amides is 1. The molecule has 0 bridgehead atoms. The van der Waals surface area contributed by atoms with Gasteiger partial charge < -0.3 is 24.6 Å². The van der Waals surface area contributed by atoms with E-state index in [1.165, 1.54) is 0 Å². The normalized spacial score (nSPS) is 14.4. The number of anilines is 1. The summed E-state index contributed by atoms with van der Waals surface area (Å²) in [6, 6.07) is 18.6. The van der Waals surface area contributed by atoms with Crippen LogP contribution in [0.3, 0.4) is 0 Å². The van der Waals surface area contributed by atoms with Crippen molar-refractivity contribution in [3.05, 3.63) is 87.9 Å². The van der Waals surface area contributed by atoms with E-state index < -0.39 is 12.3 Å². The summed E-state index contributed by atoms with van der Waals surface area (Å²) in [6.45, 7) is 0.301. The number of benzene rings is 3. The lowest BCUT2D eigenvalue weighted by molar-refractivity contribution is 0.0326. The number of aromatic nitrogens is 1. The first-order valence-electron chi connectivity index (χ1n) is 10.9. The van der Waals surface area contributed by atoms with E-state index in [0.717, 1.165) is 5.39 Å². The largest absolute Gasteiger partial charge is 0.506 e. The molecule has 0 fully saturated rings. The van der Waals surface area contributed by atoms with Gasteiger partial charge in [-0.1, -0.05) is 29.3 Å². The number of nitrogens with zero attached hydrogens (tertiary/aromatic N) is 1. The number of halogens is 2. The van der Waals surface area contributed by atoms with Crippen LogP contribution in [0.25, 0.3) is 10.9 Å². The maximum Gasteiger partial charge on any atom is 0.506 e.